The van der Waals surface area contributed by atoms with Crippen LogP contribution < -0.4 is 0 Å². The van der Waals surface area contributed by atoms with Gasteiger partial charge in [-0.05, 0) is 18.3 Å². The van der Waals surface area contributed by atoms with Gasteiger partial charge in [0.25, 0.3) is 0 Å². The zero-order valence-electron chi connectivity index (χ0n) is 12.3. The second kappa shape index (κ2) is 9.49. The smallest absolute Gasteiger partial charge is 0.308 e. The molecule has 0 heterocycles. The molecule has 2 unspecified atom stereocenters. The molecule has 2 heteroatoms. The molecule has 17 heavy (non-hydrogen) atoms. The van der Waals surface area contributed by atoms with Gasteiger partial charge in [0.05, 0.1) is 13.0 Å². The Morgan fingerprint density at radius 1 is 0.941 bits per heavy atom. The fourth-order valence-electron chi connectivity index (χ4n) is 2.11. The third-order valence-corrected chi connectivity index (χ3v) is 3.42. The second-order valence-electron chi connectivity index (χ2n) is 5.79. The summed E-state index contributed by atoms with van der Waals surface area (Å²) >= 11 is 0. The summed E-state index contributed by atoms with van der Waals surface area (Å²) in [7, 11) is 1.47. The Morgan fingerprint density at radius 2 is 1.47 bits per heavy atom. The quantitative estimate of drug-likeness (QED) is 0.559. The zero-order chi connectivity index (χ0) is 13.3. The molecule has 0 fully saturated rings. The van der Waals surface area contributed by atoms with Crippen LogP contribution in [0.4, 0.5) is 0 Å². The highest BCUT2D eigenvalue weighted by atomic mass is 16.5. The van der Waals surface area contributed by atoms with E-state index < -0.39 is 0 Å². The van der Waals surface area contributed by atoms with Gasteiger partial charge in [0, 0.05) is 0 Å². The van der Waals surface area contributed by atoms with Gasteiger partial charge in [-0.2, -0.15) is 0 Å². The first-order chi connectivity index (χ1) is 7.97. The van der Waals surface area contributed by atoms with Crippen LogP contribution in [0.25, 0.3) is 0 Å². The maximum absolute atomic E-state index is 11.2. The summed E-state index contributed by atoms with van der Waals surface area (Å²) in [5, 5.41) is 0. The van der Waals surface area contributed by atoms with Crippen LogP contribution in [-0.4, -0.2) is 13.1 Å². The summed E-state index contributed by atoms with van der Waals surface area (Å²) in [4.78, 5) is 11.2. The molecule has 0 saturated carbocycles. The lowest BCUT2D eigenvalue weighted by molar-refractivity contribution is -0.145. The van der Waals surface area contributed by atoms with Crippen LogP contribution in [-0.2, 0) is 9.53 Å². The van der Waals surface area contributed by atoms with Crippen LogP contribution in [0.15, 0.2) is 0 Å². The molecule has 0 saturated heterocycles. The van der Waals surface area contributed by atoms with Gasteiger partial charge in [-0.25, -0.2) is 0 Å². The Bertz CT molecular complexity index is 199. The van der Waals surface area contributed by atoms with Gasteiger partial charge >= 0.3 is 5.97 Å². The molecule has 2 atom stereocenters. The van der Waals surface area contributed by atoms with Crippen molar-refractivity contribution in [2.45, 2.75) is 66.2 Å². The molecule has 0 aliphatic rings. The normalized spacial score (nSPS) is 14.7. The van der Waals surface area contributed by atoms with E-state index in [1.54, 1.807) is 0 Å². The first-order valence-corrected chi connectivity index (χ1v) is 7.05. The minimum Gasteiger partial charge on any atom is -0.469 e. The van der Waals surface area contributed by atoms with Crippen LogP contribution in [0.5, 0.6) is 0 Å². The van der Waals surface area contributed by atoms with E-state index in [9.17, 15) is 4.79 Å². The second-order valence-corrected chi connectivity index (χ2v) is 5.79. The molecular weight excluding hydrogens is 212 g/mol. The average molecular weight is 242 g/mol. The van der Waals surface area contributed by atoms with E-state index >= 15 is 0 Å². The molecule has 0 bridgehead atoms. The summed E-state index contributed by atoms with van der Waals surface area (Å²) in [6.07, 6.45) is 7.33. The number of hydrogen-bond donors (Lipinski definition) is 0. The third-order valence-electron chi connectivity index (χ3n) is 3.42. The number of ether oxygens (including phenoxy) is 1. The molecule has 0 N–H and O–H groups in total. The molecule has 0 aliphatic heterocycles. The van der Waals surface area contributed by atoms with E-state index in [-0.39, 0.29) is 11.9 Å². The molecule has 0 spiro atoms. The van der Waals surface area contributed by atoms with E-state index in [1.165, 1.54) is 32.8 Å². The molecule has 0 aromatic rings. The molecule has 0 amide bonds. The van der Waals surface area contributed by atoms with Crippen LogP contribution in [0, 0.1) is 17.8 Å². The molecular formula is C15H30O2. The van der Waals surface area contributed by atoms with E-state index in [0.717, 1.165) is 24.7 Å². The molecule has 0 aliphatic carbocycles. The number of carbonyl (C=O) groups is 1. The van der Waals surface area contributed by atoms with E-state index in [1.807, 2.05) is 6.92 Å². The lowest BCUT2D eigenvalue weighted by atomic mass is 9.93. The number of carbonyl (C=O) groups excluding carboxylic acids is 1. The maximum atomic E-state index is 11.2. The van der Waals surface area contributed by atoms with E-state index in [0.29, 0.717) is 0 Å². The largest absolute Gasteiger partial charge is 0.469 e. The Hall–Kier alpha value is -0.530. The minimum atomic E-state index is -0.0718. The third kappa shape index (κ3) is 9.20. The SMILES string of the molecule is COC(=O)C(C)CCCC(C)CCCC(C)C. The van der Waals surface area contributed by atoms with Crippen LogP contribution in [0.3, 0.4) is 0 Å². The van der Waals surface area contributed by atoms with Crippen molar-refractivity contribution in [1.82, 2.24) is 0 Å². The topological polar surface area (TPSA) is 26.3 Å². The summed E-state index contributed by atoms with van der Waals surface area (Å²) < 4.78 is 4.72. The Kier molecular flexibility index (Phi) is 9.20. The molecule has 0 radical (unpaired) electrons. The predicted octanol–water partition coefficient (Wildman–Crippen LogP) is 4.43. The predicted molar refractivity (Wildman–Crippen MR) is 72.9 cm³/mol. The zero-order valence-corrected chi connectivity index (χ0v) is 12.3. The lowest BCUT2D eigenvalue weighted by Gasteiger charge is -2.13. The van der Waals surface area contributed by atoms with Gasteiger partial charge in [-0.15, -0.1) is 0 Å². The van der Waals surface area contributed by atoms with Crippen LogP contribution in [0.1, 0.15) is 66.2 Å². The Labute approximate surface area is 107 Å². The standard InChI is InChI=1S/C15H30O2/c1-12(2)8-6-9-13(3)10-7-11-14(4)15(16)17-5/h12-14H,6-11H2,1-5H3. The first kappa shape index (κ1) is 16.5. The summed E-state index contributed by atoms with van der Waals surface area (Å²) in [6.45, 7) is 8.84. The Balaban J connectivity index is 3.50. The highest BCUT2D eigenvalue weighted by molar-refractivity contribution is 5.71. The van der Waals surface area contributed by atoms with Crippen molar-refractivity contribution in [3.8, 4) is 0 Å². The molecule has 0 aromatic carbocycles. The monoisotopic (exact) mass is 242 g/mol. The average Bonchev–Trinajstić information content (AvgIpc) is 2.27. The maximum Gasteiger partial charge on any atom is 0.308 e. The molecule has 102 valence electrons. The van der Waals surface area contributed by atoms with E-state index in [4.69, 9.17) is 4.74 Å². The first-order valence-electron chi connectivity index (χ1n) is 7.05. The van der Waals surface area contributed by atoms with Crippen molar-refractivity contribution >= 4 is 5.97 Å². The van der Waals surface area contributed by atoms with Crippen molar-refractivity contribution in [1.29, 1.82) is 0 Å². The van der Waals surface area contributed by atoms with Gasteiger partial charge in [-0.1, -0.05) is 59.8 Å². The highest BCUT2D eigenvalue weighted by Gasteiger charge is 2.13. The van der Waals surface area contributed by atoms with Crippen molar-refractivity contribution in [2.24, 2.45) is 17.8 Å². The number of hydrogen-bond acceptors (Lipinski definition) is 2. The number of rotatable bonds is 9. The van der Waals surface area contributed by atoms with Gasteiger partial charge in [0.15, 0.2) is 0 Å². The van der Waals surface area contributed by atoms with Crippen LogP contribution in [0.2, 0.25) is 0 Å². The van der Waals surface area contributed by atoms with E-state index in [2.05, 4.69) is 20.8 Å². The lowest BCUT2D eigenvalue weighted by Crippen LogP contribution is -2.12. The highest BCUT2D eigenvalue weighted by Crippen LogP contribution is 2.19. The fourth-order valence-corrected chi connectivity index (χ4v) is 2.11. The summed E-state index contributed by atoms with van der Waals surface area (Å²) in [5.74, 6) is 1.60. The molecule has 0 aromatic heterocycles. The van der Waals surface area contributed by atoms with Gasteiger partial charge in [0.2, 0.25) is 0 Å². The fraction of sp³-hybridized carbons (Fsp3) is 0.933. The van der Waals surface area contributed by atoms with Crippen molar-refractivity contribution in [2.75, 3.05) is 7.11 Å². The van der Waals surface area contributed by atoms with Gasteiger partial charge in [0.1, 0.15) is 0 Å². The Morgan fingerprint density at radius 3 is 1.94 bits per heavy atom. The van der Waals surface area contributed by atoms with Gasteiger partial charge in [-0.3, -0.25) is 4.79 Å². The summed E-state index contributed by atoms with van der Waals surface area (Å²) in [6, 6.07) is 0. The number of methoxy groups -OCH3 is 1. The minimum absolute atomic E-state index is 0.0582. The van der Waals surface area contributed by atoms with Crippen molar-refractivity contribution < 1.29 is 9.53 Å². The number of esters is 1. The molecule has 2 nitrogen and oxygen atoms in total. The van der Waals surface area contributed by atoms with Gasteiger partial charge < -0.3 is 4.74 Å². The van der Waals surface area contributed by atoms with Crippen molar-refractivity contribution in [3.63, 3.8) is 0 Å². The van der Waals surface area contributed by atoms with Crippen LogP contribution >= 0.6 is 0 Å². The van der Waals surface area contributed by atoms with Crippen molar-refractivity contribution in [3.05, 3.63) is 0 Å². The molecule has 0 rings (SSSR count). The summed E-state index contributed by atoms with van der Waals surface area (Å²) in [5.41, 5.74) is 0.